The summed E-state index contributed by atoms with van der Waals surface area (Å²) in [4.78, 5) is 4.00. The Balaban J connectivity index is 2.42. The molecule has 0 aromatic rings. The van der Waals surface area contributed by atoms with E-state index in [1.807, 2.05) is 0 Å². The summed E-state index contributed by atoms with van der Waals surface area (Å²) < 4.78 is 30.5. The third-order valence-corrected chi connectivity index (χ3v) is 3.33. The van der Waals surface area contributed by atoms with Gasteiger partial charge >= 0.3 is 0 Å². The number of rotatable bonds is 7. The second-order valence-electron chi connectivity index (χ2n) is 4.92. The van der Waals surface area contributed by atoms with Crippen LogP contribution in [0.25, 0.3) is 0 Å². The van der Waals surface area contributed by atoms with Gasteiger partial charge in [-0.05, 0) is 13.8 Å². The maximum atomic E-state index is 12.4. The zero-order valence-corrected chi connectivity index (χ0v) is 11.9. The van der Waals surface area contributed by atoms with Crippen molar-refractivity contribution in [3.8, 4) is 0 Å². The molecule has 0 aliphatic carbocycles. The molecule has 0 N–H and O–H groups in total. The van der Waals surface area contributed by atoms with Crippen LogP contribution in [0.5, 0.6) is 0 Å². The van der Waals surface area contributed by atoms with Gasteiger partial charge in [0, 0.05) is 38.1 Å². The standard InChI is InChI=1S/C12H23ClF2N2O/c1-10(2)17-5-6-18-11(8-17)7-16(4-3-13)9-12(14)15/h10-12H,3-9H2,1-2H3. The van der Waals surface area contributed by atoms with Crippen molar-refractivity contribution in [2.45, 2.75) is 32.4 Å². The topological polar surface area (TPSA) is 15.7 Å². The van der Waals surface area contributed by atoms with Gasteiger partial charge in [0.25, 0.3) is 6.43 Å². The van der Waals surface area contributed by atoms with Crippen molar-refractivity contribution in [3.63, 3.8) is 0 Å². The third kappa shape index (κ3) is 5.78. The first kappa shape index (κ1) is 16.1. The first-order chi connectivity index (χ1) is 8.52. The van der Waals surface area contributed by atoms with E-state index in [4.69, 9.17) is 16.3 Å². The molecule has 1 saturated heterocycles. The fraction of sp³-hybridized carbons (Fsp3) is 1.00. The van der Waals surface area contributed by atoms with Gasteiger partial charge in [0.1, 0.15) is 0 Å². The average molecular weight is 285 g/mol. The van der Waals surface area contributed by atoms with E-state index < -0.39 is 6.43 Å². The van der Waals surface area contributed by atoms with Gasteiger partial charge in [0.05, 0.1) is 19.3 Å². The van der Waals surface area contributed by atoms with Crippen LogP contribution < -0.4 is 0 Å². The van der Waals surface area contributed by atoms with E-state index in [1.165, 1.54) is 0 Å². The Kier molecular flexibility index (Phi) is 7.37. The molecule has 1 rings (SSSR count). The molecule has 1 aliphatic heterocycles. The number of ether oxygens (including phenoxy) is 1. The molecule has 0 radical (unpaired) electrons. The van der Waals surface area contributed by atoms with E-state index in [-0.39, 0.29) is 12.6 Å². The predicted molar refractivity (Wildman–Crippen MR) is 69.6 cm³/mol. The Morgan fingerprint density at radius 3 is 2.72 bits per heavy atom. The van der Waals surface area contributed by atoms with E-state index in [0.29, 0.717) is 31.6 Å². The van der Waals surface area contributed by atoms with Gasteiger partial charge in [-0.2, -0.15) is 0 Å². The summed E-state index contributed by atoms with van der Waals surface area (Å²) in [5.74, 6) is 0.368. The summed E-state index contributed by atoms with van der Waals surface area (Å²) in [5.41, 5.74) is 0. The second-order valence-corrected chi connectivity index (χ2v) is 5.30. The van der Waals surface area contributed by atoms with E-state index in [2.05, 4.69) is 18.7 Å². The van der Waals surface area contributed by atoms with Crippen molar-refractivity contribution in [1.29, 1.82) is 0 Å². The molecular weight excluding hydrogens is 262 g/mol. The monoisotopic (exact) mass is 284 g/mol. The highest BCUT2D eigenvalue weighted by Crippen LogP contribution is 2.11. The van der Waals surface area contributed by atoms with Crippen LogP contribution >= 0.6 is 11.6 Å². The molecule has 6 heteroatoms. The maximum absolute atomic E-state index is 12.4. The molecule has 0 amide bonds. The molecule has 0 spiro atoms. The molecule has 0 aromatic carbocycles. The summed E-state index contributed by atoms with van der Waals surface area (Å²) in [6, 6.07) is 0.466. The molecule has 1 unspecified atom stereocenters. The summed E-state index contributed by atoms with van der Waals surface area (Å²) in [7, 11) is 0. The number of alkyl halides is 3. The van der Waals surface area contributed by atoms with Crippen molar-refractivity contribution in [2.75, 3.05) is 45.2 Å². The van der Waals surface area contributed by atoms with Crippen molar-refractivity contribution >= 4 is 11.6 Å². The van der Waals surface area contributed by atoms with Gasteiger partial charge in [0.2, 0.25) is 0 Å². The lowest BCUT2D eigenvalue weighted by molar-refractivity contribution is -0.0563. The Morgan fingerprint density at radius 2 is 2.17 bits per heavy atom. The lowest BCUT2D eigenvalue weighted by atomic mass is 10.2. The highest BCUT2D eigenvalue weighted by molar-refractivity contribution is 6.18. The number of hydrogen-bond donors (Lipinski definition) is 0. The molecule has 0 bridgehead atoms. The first-order valence-corrected chi connectivity index (χ1v) is 6.98. The summed E-state index contributed by atoms with van der Waals surface area (Å²) >= 11 is 5.64. The highest BCUT2D eigenvalue weighted by atomic mass is 35.5. The SMILES string of the molecule is CC(C)N1CCOC(CN(CCCl)CC(F)F)C1. The molecule has 3 nitrogen and oxygen atoms in total. The summed E-state index contributed by atoms with van der Waals surface area (Å²) in [5, 5.41) is 0. The van der Waals surface area contributed by atoms with Crippen LogP contribution in [0.3, 0.4) is 0 Å². The van der Waals surface area contributed by atoms with Crippen LogP contribution in [0.2, 0.25) is 0 Å². The van der Waals surface area contributed by atoms with Crippen molar-refractivity contribution in [1.82, 2.24) is 9.80 Å². The zero-order chi connectivity index (χ0) is 13.5. The van der Waals surface area contributed by atoms with Crippen molar-refractivity contribution in [3.05, 3.63) is 0 Å². The molecule has 108 valence electrons. The number of hydrogen-bond acceptors (Lipinski definition) is 3. The van der Waals surface area contributed by atoms with E-state index in [1.54, 1.807) is 4.90 Å². The molecule has 1 fully saturated rings. The predicted octanol–water partition coefficient (Wildman–Crippen LogP) is 1.90. The van der Waals surface area contributed by atoms with Crippen LogP contribution in [-0.2, 0) is 4.74 Å². The van der Waals surface area contributed by atoms with Crippen molar-refractivity contribution < 1.29 is 13.5 Å². The Morgan fingerprint density at radius 1 is 1.44 bits per heavy atom. The Bertz CT molecular complexity index is 232. The molecule has 0 saturated carbocycles. The van der Waals surface area contributed by atoms with Crippen LogP contribution in [0.1, 0.15) is 13.8 Å². The quantitative estimate of drug-likeness (QED) is 0.664. The van der Waals surface area contributed by atoms with E-state index in [9.17, 15) is 8.78 Å². The normalized spacial score (nSPS) is 22.3. The van der Waals surface area contributed by atoms with Crippen molar-refractivity contribution in [2.24, 2.45) is 0 Å². The minimum atomic E-state index is -2.32. The molecule has 0 aromatic heterocycles. The zero-order valence-electron chi connectivity index (χ0n) is 11.1. The Labute approximate surface area is 113 Å². The minimum Gasteiger partial charge on any atom is -0.374 e. The van der Waals surface area contributed by atoms with Gasteiger partial charge in [0.15, 0.2) is 0 Å². The van der Waals surface area contributed by atoms with Gasteiger partial charge in [-0.1, -0.05) is 0 Å². The molecule has 1 heterocycles. The lowest BCUT2D eigenvalue weighted by Crippen LogP contribution is -2.50. The smallest absolute Gasteiger partial charge is 0.251 e. The third-order valence-electron chi connectivity index (χ3n) is 3.16. The van der Waals surface area contributed by atoms with Crippen LogP contribution in [0, 0.1) is 0 Å². The average Bonchev–Trinajstić information content (AvgIpc) is 2.28. The van der Waals surface area contributed by atoms with Gasteiger partial charge in [-0.15, -0.1) is 11.6 Å². The Hall–Kier alpha value is 0.0300. The highest BCUT2D eigenvalue weighted by Gasteiger charge is 2.24. The molecule has 18 heavy (non-hydrogen) atoms. The van der Waals surface area contributed by atoms with Gasteiger partial charge < -0.3 is 4.74 Å². The summed E-state index contributed by atoms with van der Waals surface area (Å²) in [6.07, 6.45) is -2.32. The molecule has 1 atom stereocenters. The first-order valence-electron chi connectivity index (χ1n) is 6.45. The fourth-order valence-corrected chi connectivity index (χ4v) is 2.42. The fourth-order valence-electron chi connectivity index (χ4n) is 2.18. The largest absolute Gasteiger partial charge is 0.374 e. The lowest BCUT2D eigenvalue weighted by Gasteiger charge is -2.37. The number of nitrogens with zero attached hydrogens (tertiary/aromatic N) is 2. The second kappa shape index (κ2) is 8.25. The molecule has 1 aliphatic rings. The molecular formula is C12H23ClF2N2O. The minimum absolute atomic E-state index is 0.00289. The van der Waals surface area contributed by atoms with E-state index in [0.717, 1.165) is 13.1 Å². The van der Waals surface area contributed by atoms with Crippen LogP contribution in [0.15, 0.2) is 0 Å². The summed E-state index contributed by atoms with van der Waals surface area (Å²) in [6.45, 7) is 7.45. The number of morpholine rings is 1. The van der Waals surface area contributed by atoms with E-state index >= 15 is 0 Å². The van der Waals surface area contributed by atoms with Crippen LogP contribution in [-0.4, -0.2) is 73.6 Å². The van der Waals surface area contributed by atoms with Crippen LogP contribution in [0.4, 0.5) is 8.78 Å². The van der Waals surface area contributed by atoms with Gasteiger partial charge in [-0.25, -0.2) is 8.78 Å². The van der Waals surface area contributed by atoms with Gasteiger partial charge in [-0.3, -0.25) is 9.80 Å². The number of halogens is 3. The maximum Gasteiger partial charge on any atom is 0.251 e.